The highest BCUT2D eigenvalue weighted by atomic mass is 16.5. The first kappa shape index (κ1) is 8.97. The van der Waals surface area contributed by atoms with E-state index in [0.29, 0.717) is 0 Å². The van der Waals surface area contributed by atoms with Gasteiger partial charge in [0.05, 0.1) is 0 Å². The van der Waals surface area contributed by atoms with Gasteiger partial charge in [0, 0.05) is 5.92 Å². The Morgan fingerprint density at radius 1 is 1.50 bits per heavy atom. The summed E-state index contributed by atoms with van der Waals surface area (Å²) < 4.78 is 4.66. The first-order valence-corrected chi connectivity index (χ1v) is 4.03. The second-order valence-corrected chi connectivity index (χ2v) is 2.89. The number of hydrogen-bond donors (Lipinski definition) is 0. The summed E-state index contributed by atoms with van der Waals surface area (Å²) in [4.78, 5) is 21.9. The Balaban J connectivity index is 2.15. The van der Waals surface area contributed by atoms with Gasteiger partial charge in [-0.2, -0.15) is 0 Å². The summed E-state index contributed by atoms with van der Waals surface area (Å²) in [6.07, 6.45) is 3.29. The Labute approximate surface area is 71.4 Å². The number of carbonyl (C=O) groups excluding carboxylic acids is 2. The normalized spacial score (nSPS) is 15.3. The summed E-state index contributed by atoms with van der Waals surface area (Å²) in [6.45, 7) is 3.59. The molecule has 1 aliphatic rings. The van der Waals surface area contributed by atoms with E-state index in [1.165, 1.54) is 6.08 Å². The lowest BCUT2D eigenvalue weighted by Crippen LogP contribution is -2.12. The lowest BCUT2D eigenvalue weighted by atomic mass is 10.2. The molecule has 0 spiro atoms. The molecular formula is C9H12O3. The zero-order chi connectivity index (χ0) is 8.97. The Kier molecular flexibility index (Phi) is 3.02. The molecule has 0 bridgehead atoms. The molecule has 0 aliphatic heterocycles. The fourth-order valence-electron chi connectivity index (χ4n) is 0.895. The van der Waals surface area contributed by atoms with Gasteiger partial charge in [0.2, 0.25) is 0 Å². The smallest absolute Gasteiger partial charge is 0.313 e. The van der Waals surface area contributed by atoms with E-state index >= 15 is 0 Å². The first-order valence-electron chi connectivity index (χ1n) is 4.03. The van der Waals surface area contributed by atoms with Gasteiger partial charge in [-0.05, 0) is 12.8 Å². The summed E-state index contributed by atoms with van der Waals surface area (Å²) in [7, 11) is 0. The molecule has 12 heavy (non-hydrogen) atoms. The number of ether oxygens (including phenoxy) is 1. The summed E-state index contributed by atoms with van der Waals surface area (Å²) >= 11 is 0. The predicted molar refractivity (Wildman–Crippen MR) is 43.5 cm³/mol. The van der Waals surface area contributed by atoms with Crippen molar-refractivity contribution in [3.8, 4) is 0 Å². The van der Waals surface area contributed by atoms with Crippen LogP contribution in [0.5, 0.6) is 0 Å². The highest BCUT2D eigenvalue weighted by molar-refractivity contribution is 5.97. The van der Waals surface area contributed by atoms with E-state index in [0.717, 1.165) is 12.8 Å². The van der Waals surface area contributed by atoms with E-state index in [1.807, 2.05) is 0 Å². The maximum Gasteiger partial charge on any atom is 0.313 e. The molecule has 0 N–H and O–H groups in total. The Morgan fingerprint density at radius 2 is 2.17 bits per heavy atom. The van der Waals surface area contributed by atoms with Gasteiger partial charge in [0.1, 0.15) is 18.8 Å². The molecule has 3 heteroatoms. The highest BCUT2D eigenvalue weighted by Gasteiger charge is 2.30. The van der Waals surface area contributed by atoms with E-state index in [-0.39, 0.29) is 24.7 Å². The van der Waals surface area contributed by atoms with E-state index in [2.05, 4.69) is 11.3 Å². The molecular weight excluding hydrogens is 156 g/mol. The van der Waals surface area contributed by atoms with E-state index in [1.54, 1.807) is 0 Å². The number of rotatable bonds is 5. The SMILES string of the molecule is C=CCOC(=O)CC(=O)C1CC1. The minimum absolute atomic E-state index is 0.0177. The molecule has 1 fully saturated rings. The molecule has 0 aromatic heterocycles. The van der Waals surface area contributed by atoms with Gasteiger partial charge in [-0.3, -0.25) is 9.59 Å². The van der Waals surface area contributed by atoms with Crippen molar-refractivity contribution >= 4 is 11.8 Å². The van der Waals surface area contributed by atoms with Crippen molar-refractivity contribution in [1.29, 1.82) is 0 Å². The lowest BCUT2D eigenvalue weighted by molar-refractivity contribution is -0.145. The van der Waals surface area contributed by atoms with Crippen LogP contribution in [0.25, 0.3) is 0 Å². The first-order chi connectivity index (χ1) is 5.74. The van der Waals surface area contributed by atoms with E-state index in [4.69, 9.17) is 0 Å². The number of hydrogen-bond acceptors (Lipinski definition) is 3. The van der Waals surface area contributed by atoms with Gasteiger partial charge >= 0.3 is 5.97 Å². The molecule has 0 saturated heterocycles. The van der Waals surface area contributed by atoms with Crippen molar-refractivity contribution in [2.75, 3.05) is 6.61 Å². The number of ketones is 1. The molecule has 1 aliphatic carbocycles. The molecule has 66 valence electrons. The fourth-order valence-corrected chi connectivity index (χ4v) is 0.895. The molecule has 0 heterocycles. The molecule has 3 nitrogen and oxygen atoms in total. The predicted octanol–water partition coefficient (Wildman–Crippen LogP) is 1.08. The Morgan fingerprint density at radius 3 is 2.67 bits per heavy atom. The van der Waals surface area contributed by atoms with Crippen LogP contribution >= 0.6 is 0 Å². The zero-order valence-corrected chi connectivity index (χ0v) is 6.91. The van der Waals surface area contributed by atoms with Gasteiger partial charge in [0.15, 0.2) is 0 Å². The average Bonchev–Trinajstić information content (AvgIpc) is 2.82. The van der Waals surface area contributed by atoms with Crippen LogP contribution in [0.4, 0.5) is 0 Å². The molecule has 0 amide bonds. The lowest BCUT2D eigenvalue weighted by Gasteiger charge is -1.99. The molecule has 0 aromatic carbocycles. The third kappa shape index (κ3) is 2.86. The fraction of sp³-hybridized carbons (Fsp3) is 0.556. The van der Waals surface area contributed by atoms with Crippen LogP contribution in [0.1, 0.15) is 19.3 Å². The minimum atomic E-state index is -0.438. The summed E-state index contributed by atoms with van der Waals surface area (Å²) in [5.74, 6) is -0.280. The third-order valence-corrected chi connectivity index (χ3v) is 1.71. The molecule has 0 radical (unpaired) electrons. The van der Waals surface area contributed by atoms with Crippen molar-refractivity contribution in [1.82, 2.24) is 0 Å². The van der Waals surface area contributed by atoms with Crippen LogP contribution in [0.3, 0.4) is 0 Å². The van der Waals surface area contributed by atoms with Crippen molar-refractivity contribution in [3.63, 3.8) is 0 Å². The third-order valence-electron chi connectivity index (χ3n) is 1.71. The van der Waals surface area contributed by atoms with Crippen LogP contribution in [0, 0.1) is 5.92 Å². The van der Waals surface area contributed by atoms with Crippen molar-refractivity contribution in [3.05, 3.63) is 12.7 Å². The quantitative estimate of drug-likeness (QED) is 0.350. The standard InChI is InChI=1S/C9H12O3/c1-2-5-12-9(11)6-8(10)7-3-4-7/h2,7H,1,3-6H2. The maximum absolute atomic E-state index is 11.1. The monoisotopic (exact) mass is 168 g/mol. The van der Waals surface area contributed by atoms with Gasteiger partial charge in [0.25, 0.3) is 0 Å². The number of Topliss-reactive ketones (excluding diaryl/α,β-unsaturated/α-hetero) is 1. The molecule has 0 aromatic rings. The van der Waals surface area contributed by atoms with E-state index < -0.39 is 5.97 Å². The van der Waals surface area contributed by atoms with E-state index in [9.17, 15) is 9.59 Å². The minimum Gasteiger partial charge on any atom is -0.461 e. The number of carbonyl (C=O) groups is 2. The van der Waals surface area contributed by atoms with Crippen LogP contribution in [0.15, 0.2) is 12.7 Å². The maximum atomic E-state index is 11.1. The Hall–Kier alpha value is -1.12. The second-order valence-electron chi connectivity index (χ2n) is 2.89. The van der Waals surface area contributed by atoms with Crippen molar-refractivity contribution in [2.24, 2.45) is 5.92 Å². The summed E-state index contributed by atoms with van der Waals surface area (Å²) in [5, 5.41) is 0. The molecule has 0 unspecified atom stereocenters. The van der Waals surface area contributed by atoms with Gasteiger partial charge < -0.3 is 4.74 Å². The van der Waals surface area contributed by atoms with Crippen molar-refractivity contribution in [2.45, 2.75) is 19.3 Å². The Bertz CT molecular complexity index is 204. The van der Waals surface area contributed by atoms with Gasteiger partial charge in [-0.25, -0.2) is 0 Å². The largest absolute Gasteiger partial charge is 0.461 e. The highest BCUT2D eigenvalue weighted by Crippen LogP contribution is 2.30. The zero-order valence-electron chi connectivity index (χ0n) is 6.91. The van der Waals surface area contributed by atoms with Crippen LogP contribution < -0.4 is 0 Å². The number of esters is 1. The topological polar surface area (TPSA) is 43.4 Å². The van der Waals surface area contributed by atoms with Gasteiger partial charge in [-0.1, -0.05) is 12.7 Å². The summed E-state index contributed by atoms with van der Waals surface area (Å²) in [5.41, 5.74) is 0. The average molecular weight is 168 g/mol. The molecule has 1 saturated carbocycles. The van der Waals surface area contributed by atoms with Crippen LogP contribution in [-0.2, 0) is 14.3 Å². The summed E-state index contributed by atoms with van der Waals surface area (Å²) in [6, 6.07) is 0. The van der Waals surface area contributed by atoms with Crippen LogP contribution in [0.2, 0.25) is 0 Å². The van der Waals surface area contributed by atoms with Gasteiger partial charge in [-0.15, -0.1) is 0 Å². The molecule has 1 rings (SSSR count). The molecule has 0 atom stereocenters. The second kappa shape index (κ2) is 4.04. The van der Waals surface area contributed by atoms with Crippen LogP contribution in [-0.4, -0.2) is 18.4 Å². The van der Waals surface area contributed by atoms with Crippen molar-refractivity contribution < 1.29 is 14.3 Å².